The Hall–Kier alpha value is -3.58. The van der Waals surface area contributed by atoms with Crippen LogP contribution in [0.4, 0.5) is 0 Å². The summed E-state index contributed by atoms with van der Waals surface area (Å²) >= 11 is 25.2. The van der Waals surface area contributed by atoms with Gasteiger partial charge in [-0.1, -0.05) is 76.7 Å². The van der Waals surface area contributed by atoms with Gasteiger partial charge in [0.05, 0.1) is 21.5 Å². The summed E-state index contributed by atoms with van der Waals surface area (Å²) < 4.78 is 61.5. The molecule has 0 bridgehead atoms. The van der Waals surface area contributed by atoms with Crippen LogP contribution < -0.4 is 5.43 Å². The molecule has 2 heterocycles. The average molecular weight is 787 g/mol. The van der Waals surface area contributed by atoms with Gasteiger partial charge in [0.1, 0.15) is 4.90 Å². The predicted molar refractivity (Wildman–Crippen MR) is 202 cm³/mol. The summed E-state index contributed by atoms with van der Waals surface area (Å²) in [5.74, 6) is 0. The first kappa shape index (κ1) is 34.9. The second-order valence-corrected chi connectivity index (χ2v) is 17.4. The number of rotatable bonds is 9. The van der Waals surface area contributed by atoms with Gasteiger partial charge in [0.2, 0.25) is 9.84 Å². The second-order valence-electron chi connectivity index (χ2n) is 11.9. The van der Waals surface area contributed by atoms with Crippen molar-refractivity contribution in [2.45, 2.75) is 28.6 Å². The van der Waals surface area contributed by atoms with Crippen molar-refractivity contribution < 1.29 is 16.8 Å². The van der Waals surface area contributed by atoms with E-state index < -0.39 is 25.2 Å². The summed E-state index contributed by atoms with van der Waals surface area (Å²) in [5, 5.41) is 1.11. The molecule has 0 saturated carbocycles. The van der Waals surface area contributed by atoms with Crippen molar-refractivity contribution in [2.75, 3.05) is 0 Å². The number of halogens is 4. The fraction of sp³-hybridized carbons (Fsp3) is 0.111. The van der Waals surface area contributed by atoms with Crippen LogP contribution in [0.25, 0.3) is 32.7 Å². The first-order valence-electron chi connectivity index (χ1n) is 15.2. The van der Waals surface area contributed by atoms with E-state index in [1.807, 2.05) is 61.0 Å². The van der Waals surface area contributed by atoms with Crippen LogP contribution in [0.3, 0.4) is 0 Å². The molecule has 0 radical (unpaired) electrons. The van der Waals surface area contributed by atoms with E-state index in [2.05, 4.69) is 10.4 Å². The smallest absolute Gasteiger partial charge is 0.257 e. The van der Waals surface area contributed by atoms with Gasteiger partial charge >= 0.3 is 0 Å². The second kappa shape index (κ2) is 13.2. The maximum Gasteiger partial charge on any atom is 0.257 e. The molecular formula is C36H28Cl4N4O4S2. The lowest BCUT2D eigenvalue weighted by Crippen LogP contribution is -2.46. The van der Waals surface area contributed by atoms with Crippen LogP contribution >= 0.6 is 46.4 Å². The number of aromatic amines is 1. The number of hydrogen-bond acceptors (Lipinski definition) is 5. The van der Waals surface area contributed by atoms with Crippen molar-refractivity contribution in [1.29, 1.82) is 0 Å². The Morgan fingerprint density at radius 1 is 0.740 bits per heavy atom. The fourth-order valence-electron chi connectivity index (χ4n) is 6.12. The number of aromatic nitrogens is 2. The number of nitrogens with one attached hydrogen (secondary N) is 2. The van der Waals surface area contributed by atoms with E-state index in [0.29, 0.717) is 5.56 Å². The molecule has 0 amide bonds. The van der Waals surface area contributed by atoms with Crippen molar-refractivity contribution in [3.63, 3.8) is 0 Å². The first-order chi connectivity index (χ1) is 23.7. The largest absolute Gasteiger partial charge is 0.355 e. The van der Waals surface area contributed by atoms with Gasteiger partial charge in [0.15, 0.2) is 5.37 Å². The fourth-order valence-corrected chi connectivity index (χ4v) is 10.6. The minimum atomic E-state index is -4.53. The number of sulfone groups is 1. The molecule has 5 aromatic carbocycles. The van der Waals surface area contributed by atoms with Crippen LogP contribution in [-0.4, -0.2) is 30.8 Å². The Kier molecular flexibility index (Phi) is 9.20. The summed E-state index contributed by atoms with van der Waals surface area (Å²) in [5.41, 5.74) is 7.39. The molecule has 0 aliphatic rings. The van der Waals surface area contributed by atoms with Gasteiger partial charge in [-0.05, 0) is 90.8 Å². The number of fused-ring (bicyclic) bond motifs is 4. The van der Waals surface area contributed by atoms with Crippen LogP contribution in [0.5, 0.6) is 0 Å². The number of H-pyrrole nitrogens is 1. The van der Waals surface area contributed by atoms with E-state index >= 15 is 0 Å². The van der Waals surface area contributed by atoms with E-state index in [-0.39, 0.29) is 42.0 Å². The van der Waals surface area contributed by atoms with Gasteiger partial charge in [0, 0.05) is 55.5 Å². The molecule has 7 rings (SSSR count). The zero-order valence-corrected chi connectivity index (χ0v) is 31.1. The minimum Gasteiger partial charge on any atom is -0.355 e. The van der Waals surface area contributed by atoms with Gasteiger partial charge in [-0.2, -0.15) is 0 Å². The van der Waals surface area contributed by atoms with Crippen LogP contribution in [0, 0.1) is 6.92 Å². The summed E-state index contributed by atoms with van der Waals surface area (Å²) in [6, 6.07) is 28.4. The standard InChI is InChI=1S/C36H28Cl4N4O4S2/c1-21-15-24-16-22(7-12-33(24)43(21)2)20-44(50(47,48)35-14-10-26(38)19-30(35)40)42-36(49(45,46)34-13-9-25(37)18-29(34)39)23-8-11-32-28(17-23)27-5-3-4-6-31(27)41-32/h3-19,36,41-42H,20H2,1-2H3. The lowest BCUT2D eigenvalue weighted by atomic mass is 10.1. The number of hydrazine groups is 1. The van der Waals surface area contributed by atoms with Crippen molar-refractivity contribution in [3.8, 4) is 0 Å². The van der Waals surface area contributed by atoms with Crippen molar-refractivity contribution in [1.82, 2.24) is 19.4 Å². The molecule has 0 spiro atoms. The van der Waals surface area contributed by atoms with E-state index in [9.17, 15) is 16.8 Å². The molecule has 50 heavy (non-hydrogen) atoms. The highest BCUT2D eigenvalue weighted by Crippen LogP contribution is 2.37. The zero-order chi connectivity index (χ0) is 35.5. The maximum absolute atomic E-state index is 14.7. The van der Waals surface area contributed by atoms with Gasteiger partial charge in [0.25, 0.3) is 10.0 Å². The number of para-hydroxylation sites is 1. The highest BCUT2D eigenvalue weighted by Gasteiger charge is 2.37. The third kappa shape index (κ3) is 6.29. The molecule has 0 aliphatic carbocycles. The van der Waals surface area contributed by atoms with E-state index in [1.54, 1.807) is 24.3 Å². The summed E-state index contributed by atoms with van der Waals surface area (Å²) in [6.45, 7) is 1.71. The highest BCUT2D eigenvalue weighted by atomic mass is 35.5. The molecular weight excluding hydrogens is 758 g/mol. The van der Waals surface area contributed by atoms with E-state index in [0.717, 1.165) is 42.8 Å². The molecule has 1 unspecified atom stereocenters. The third-order valence-electron chi connectivity index (χ3n) is 8.74. The number of benzene rings is 5. The van der Waals surface area contributed by atoms with Gasteiger partial charge in [-0.15, -0.1) is 4.41 Å². The number of nitrogens with zero attached hydrogens (tertiary/aromatic N) is 2. The Morgan fingerprint density at radius 2 is 1.40 bits per heavy atom. The summed E-state index contributed by atoms with van der Waals surface area (Å²) in [4.78, 5) is 2.84. The maximum atomic E-state index is 14.7. The number of hydrogen-bond donors (Lipinski definition) is 2. The van der Waals surface area contributed by atoms with Gasteiger partial charge in [-0.25, -0.2) is 22.3 Å². The van der Waals surface area contributed by atoms with Crippen molar-refractivity contribution in [3.05, 3.63) is 140 Å². The van der Waals surface area contributed by atoms with Crippen molar-refractivity contribution in [2.24, 2.45) is 7.05 Å². The first-order valence-corrected chi connectivity index (χ1v) is 19.7. The third-order valence-corrected chi connectivity index (χ3v) is 13.8. The SMILES string of the molecule is Cc1cc2cc(CN(NC(c3ccc4[nH]c5ccccc5c4c3)S(=O)(=O)c3ccc(Cl)cc3Cl)S(=O)(=O)c3ccc(Cl)cc3Cl)ccc2n1C. The van der Waals surface area contributed by atoms with Gasteiger partial charge < -0.3 is 9.55 Å². The minimum absolute atomic E-state index is 0.113. The Morgan fingerprint density at radius 3 is 2.10 bits per heavy atom. The predicted octanol–water partition coefficient (Wildman–Crippen LogP) is 9.60. The van der Waals surface area contributed by atoms with Gasteiger partial charge in [-0.3, -0.25) is 0 Å². The molecule has 14 heteroatoms. The number of sulfonamides is 1. The summed E-state index contributed by atoms with van der Waals surface area (Å²) in [7, 11) is -7.05. The molecule has 256 valence electrons. The molecule has 8 nitrogen and oxygen atoms in total. The molecule has 2 aromatic heterocycles. The lowest BCUT2D eigenvalue weighted by molar-refractivity contribution is 0.295. The molecule has 1 atom stereocenters. The molecule has 0 fully saturated rings. The monoisotopic (exact) mass is 784 g/mol. The van der Waals surface area contributed by atoms with E-state index in [1.165, 1.54) is 36.4 Å². The highest BCUT2D eigenvalue weighted by molar-refractivity contribution is 7.92. The van der Waals surface area contributed by atoms with Crippen LogP contribution in [0.1, 0.15) is 22.2 Å². The summed E-state index contributed by atoms with van der Waals surface area (Å²) in [6.07, 6.45) is 0. The lowest BCUT2D eigenvalue weighted by Gasteiger charge is -2.29. The zero-order valence-electron chi connectivity index (χ0n) is 26.5. The van der Waals surface area contributed by atoms with Crippen LogP contribution in [0.2, 0.25) is 20.1 Å². The molecule has 0 aliphatic heterocycles. The topological polar surface area (TPSA) is 104 Å². The normalized spacial score (nSPS) is 13.2. The van der Waals surface area contributed by atoms with Crippen molar-refractivity contribution >= 4 is 99.0 Å². The Balaban J connectivity index is 1.42. The Labute approximate surface area is 309 Å². The molecule has 2 N–H and O–H groups in total. The Bertz CT molecular complexity index is 2690. The number of aryl methyl sites for hydroxylation is 2. The quantitative estimate of drug-likeness (QED) is 0.142. The van der Waals surface area contributed by atoms with Crippen LogP contribution in [-0.2, 0) is 33.5 Å². The molecule has 7 aromatic rings. The van der Waals surface area contributed by atoms with Crippen LogP contribution in [0.15, 0.2) is 113 Å². The average Bonchev–Trinajstić information content (AvgIpc) is 3.57. The molecule has 0 saturated heterocycles. The van der Waals surface area contributed by atoms with E-state index in [4.69, 9.17) is 46.4 Å².